The first-order chi connectivity index (χ1) is 8.65. The third kappa shape index (κ3) is 4.86. The van der Waals surface area contributed by atoms with Crippen LogP contribution in [0.25, 0.3) is 0 Å². The van der Waals surface area contributed by atoms with Crippen molar-refractivity contribution in [2.75, 3.05) is 6.61 Å². The first kappa shape index (κ1) is 16.6. The van der Waals surface area contributed by atoms with Gasteiger partial charge in [0.15, 0.2) is 8.32 Å². The summed E-state index contributed by atoms with van der Waals surface area (Å²) < 4.78 is 7.09. The second-order valence-corrected chi connectivity index (χ2v) is 12.1. The van der Waals surface area contributed by atoms with Crippen molar-refractivity contribution in [3.8, 4) is 0 Å². The number of benzene rings is 1. The largest absolute Gasteiger partial charge is 0.416 e. The van der Waals surface area contributed by atoms with Gasteiger partial charge in [-0.2, -0.15) is 0 Å². The van der Waals surface area contributed by atoms with Gasteiger partial charge < -0.3 is 4.43 Å². The van der Waals surface area contributed by atoms with E-state index in [1.165, 1.54) is 0 Å². The standard InChI is InChI=1S/C15H23BrO2Si/c1-15(2,3)19(4,5)18-7-6-12-8-13(11-17)10-14(16)9-12/h8-11H,6-7H2,1-5H3. The molecule has 0 saturated heterocycles. The van der Waals surface area contributed by atoms with Crippen LogP contribution in [0.15, 0.2) is 22.7 Å². The quantitative estimate of drug-likeness (QED) is 0.566. The molecule has 0 N–H and O–H groups in total. The summed E-state index contributed by atoms with van der Waals surface area (Å²) in [4.78, 5) is 10.8. The highest BCUT2D eigenvalue weighted by Gasteiger charge is 2.36. The van der Waals surface area contributed by atoms with Crippen molar-refractivity contribution in [1.29, 1.82) is 0 Å². The minimum atomic E-state index is -1.68. The van der Waals surface area contributed by atoms with Gasteiger partial charge >= 0.3 is 0 Å². The molecule has 0 atom stereocenters. The normalized spacial score (nSPS) is 12.5. The molecular formula is C15H23BrO2Si. The van der Waals surface area contributed by atoms with Crippen LogP contribution in [0.5, 0.6) is 0 Å². The van der Waals surface area contributed by atoms with Gasteiger partial charge in [-0.1, -0.05) is 36.7 Å². The summed E-state index contributed by atoms with van der Waals surface area (Å²) in [6.07, 6.45) is 1.72. The molecule has 4 heteroatoms. The fourth-order valence-corrected chi connectivity index (χ4v) is 3.13. The van der Waals surface area contributed by atoms with Gasteiger partial charge in [-0.05, 0) is 48.3 Å². The van der Waals surface area contributed by atoms with Crippen LogP contribution < -0.4 is 0 Å². The highest BCUT2D eigenvalue weighted by Crippen LogP contribution is 2.36. The second kappa shape index (κ2) is 6.33. The van der Waals surface area contributed by atoms with E-state index in [0.717, 1.165) is 22.7 Å². The van der Waals surface area contributed by atoms with Gasteiger partial charge in [0, 0.05) is 16.6 Å². The molecule has 106 valence electrons. The van der Waals surface area contributed by atoms with Gasteiger partial charge in [0.05, 0.1) is 0 Å². The van der Waals surface area contributed by atoms with Crippen LogP contribution in [0.2, 0.25) is 18.1 Å². The monoisotopic (exact) mass is 342 g/mol. The Hall–Kier alpha value is -0.453. The van der Waals surface area contributed by atoms with Crippen LogP contribution in [0.3, 0.4) is 0 Å². The molecule has 0 bridgehead atoms. The van der Waals surface area contributed by atoms with Gasteiger partial charge in [-0.15, -0.1) is 0 Å². The van der Waals surface area contributed by atoms with E-state index in [-0.39, 0.29) is 5.04 Å². The lowest BCUT2D eigenvalue weighted by Gasteiger charge is -2.36. The smallest absolute Gasteiger partial charge is 0.191 e. The maximum atomic E-state index is 10.8. The van der Waals surface area contributed by atoms with E-state index in [2.05, 4.69) is 49.8 Å². The second-order valence-electron chi connectivity index (χ2n) is 6.37. The number of hydrogen-bond donors (Lipinski definition) is 0. The van der Waals surface area contributed by atoms with Crippen molar-refractivity contribution >= 4 is 30.5 Å². The molecule has 0 unspecified atom stereocenters. The molecular weight excluding hydrogens is 320 g/mol. The van der Waals surface area contributed by atoms with E-state index in [4.69, 9.17) is 4.43 Å². The topological polar surface area (TPSA) is 26.3 Å². The van der Waals surface area contributed by atoms with E-state index in [1.807, 2.05) is 18.2 Å². The van der Waals surface area contributed by atoms with E-state index in [0.29, 0.717) is 12.2 Å². The maximum Gasteiger partial charge on any atom is 0.191 e. The Morgan fingerprint density at radius 3 is 2.42 bits per heavy atom. The lowest BCUT2D eigenvalue weighted by atomic mass is 10.1. The highest BCUT2D eigenvalue weighted by atomic mass is 79.9. The average molecular weight is 343 g/mol. The predicted molar refractivity (Wildman–Crippen MR) is 86.4 cm³/mol. The molecule has 0 aliphatic carbocycles. The van der Waals surface area contributed by atoms with E-state index >= 15 is 0 Å². The van der Waals surface area contributed by atoms with Crippen LogP contribution in [0.4, 0.5) is 0 Å². The van der Waals surface area contributed by atoms with Crippen LogP contribution in [-0.4, -0.2) is 21.2 Å². The SMILES string of the molecule is CC(C)(C)[Si](C)(C)OCCc1cc(Br)cc(C=O)c1. The average Bonchev–Trinajstić information content (AvgIpc) is 2.26. The van der Waals surface area contributed by atoms with Crippen molar-refractivity contribution in [3.05, 3.63) is 33.8 Å². The molecule has 1 aromatic carbocycles. The zero-order chi connectivity index (χ0) is 14.7. The number of rotatable bonds is 5. The molecule has 0 amide bonds. The number of carbonyl (C=O) groups excluding carboxylic acids is 1. The van der Waals surface area contributed by atoms with Gasteiger partial charge in [0.2, 0.25) is 0 Å². The minimum Gasteiger partial charge on any atom is -0.416 e. The molecule has 0 fully saturated rings. The molecule has 0 heterocycles. The van der Waals surface area contributed by atoms with Crippen molar-refractivity contribution in [3.63, 3.8) is 0 Å². The zero-order valence-corrected chi connectivity index (χ0v) is 15.0. The predicted octanol–water partition coefficient (Wildman–Crippen LogP) is 4.83. The number of hydrogen-bond acceptors (Lipinski definition) is 2. The molecule has 19 heavy (non-hydrogen) atoms. The summed E-state index contributed by atoms with van der Waals surface area (Å²) in [6, 6.07) is 5.79. The van der Waals surface area contributed by atoms with Gasteiger partial charge in [0.25, 0.3) is 0 Å². The molecule has 1 rings (SSSR count). The molecule has 0 spiro atoms. The van der Waals surface area contributed by atoms with Gasteiger partial charge in [-0.25, -0.2) is 0 Å². The summed E-state index contributed by atoms with van der Waals surface area (Å²) in [5, 5.41) is 0.234. The van der Waals surface area contributed by atoms with Gasteiger partial charge in [0.1, 0.15) is 6.29 Å². The maximum absolute atomic E-state index is 10.8. The van der Waals surface area contributed by atoms with Crippen LogP contribution in [-0.2, 0) is 10.8 Å². The summed E-state index contributed by atoms with van der Waals surface area (Å²) in [5.74, 6) is 0. The first-order valence-corrected chi connectivity index (χ1v) is 10.2. The number of carbonyl (C=O) groups is 1. The fraction of sp³-hybridized carbons (Fsp3) is 0.533. The molecule has 1 aromatic rings. The lowest BCUT2D eigenvalue weighted by molar-refractivity contribution is 0.112. The molecule has 2 nitrogen and oxygen atoms in total. The Bertz CT molecular complexity index is 450. The summed E-state index contributed by atoms with van der Waals surface area (Å²) >= 11 is 3.43. The van der Waals surface area contributed by atoms with Crippen molar-refractivity contribution < 1.29 is 9.22 Å². The van der Waals surface area contributed by atoms with E-state index in [1.54, 1.807) is 0 Å². The number of aldehydes is 1. The lowest BCUT2D eigenvalue weighted by Crippen LogP contribution is -2.41. The summed E-state index contributed by atoms with van der Waals surface area (Å²) in [6.45, 7) is 11.9. The molecule has 0 aromatic heterocycles. The minimum absolute atomic E-state index is 0.234. The third-order valence-electron chi connectivity index (χ3n) is 3.78. The Balaban J connectivity index is 2.63. The highest BCUT2D eigenvalue weighted by molar-refractivity contribution is 9.10. The van der Waals surface area contributed by atoms with E-state index in [9.17, 15) is 4.79 Å². The Morgan fingerprint density at radius 2 is 1.89 bits per heavy atom. The van der Waals surface area contributed by atoms with Crippen LogP contribution in [0, 0.1) is 0 Å². The zero-order valence-electron chi connectivity index (χ0n) is 12.4. The molecule has 0 aliphatic rings. The third-order valence-corrected chi connectivity index (χ3v) is 8.77. The Kier molecular flexibility index (Phi) is 5.53. The molecule has 0 aliphatic heterocycles. The summed E-state index contributed by atoms with van der Waals surface area (Å²) in [7, 11) is -1.68. The fourth-order valence-electron chi connectivity index (χ4n) is 1.53. The Morgan fingerprint density at radius 1 is 1.26 bits per heavy atom. The van der Waals surface area contributed by atoms with Gasteiger partial charge in [-0.3, -0.25) is 4.79 Å². The van der Waals surface area contributed by atoms with Crippen molar-refractivity contribution in [2.45, 2.75) is 45.3 Å². The molecule has 0 radical (unpaired) electrons. The van der Waals surface area contributed by atoms with Crippen molar-refractivity contribution in [2.24, 2.45) is 0 Å². The number of halogens is 1. The van der Waals surface area contributed by atoms with Crippen LogP contribution >= 0.6 is 15.9 Å². The van der Waals surface area contributed by atoms with Crippen LogP contribution in [0.1, 0.15) is 36.7 Å². The Labute approximate surface area is 125 Å². The van der Waals surface area contributed by atoms with E-state index < -0.39 is 8.32 Å². The van der Waals surface area contributed by atoms with Crippen molar-refractivity contribution in [1.82, 2.24) is 0 Å². The molecule has 0 saturated carbocycles. The first-order valence-electron chi connectivity index (χ1n) is 6.54. The summed E-state index contributed by atoms with van der Waals surface area (Å²) in [5.41, 5.74) is 1.84.